The molecule has 1 aliphatic heterocycles. The van der Waals surface area contributed by atoms with E-state index >= 15 is 0 Å². The summed E-state index contributed by atoms with van der Waals surface area (Å²) in [6.45, 7) is 3.27. The van der Waals surface area contributed by atoms with E-state index in [9.17, 15) is 4.79 Å². The Bertz CT molecular complexity index is 927. The molecule has 1 aromatic carbocycles. The average Bonchev–Trinajstić information content (AvgIpc) is 3.29. The number of hydrogen-bond acceptors (Lipinski definition) is 4. The number of carbonyl (C=O) groups excluding carboxylic acids is 1. The molecule has 0 radical (unpaired) electrons. The maximum atomic E-state index is 13.0. The van der Waals surface area contributed by atoms with Crippen LogP contribution in [0.1, 0.15) is 52.2 Å². The van der Waals surface area contributed by atoms with Crippen LogP contribution in [0.2, 0.25) is 0 Å². The van der Waals surface area contributed by atoms with E-state index in [4.69, 9.17) is 4.52 Å². The van der Waals surface area contributed by atoms with Gasteiger partial charge in [-0.3, -0.25) is 9.48 Å². The minimum absolute atomic E-state index is 0.0838. The van der Waals surface area contributed by atoms with Gasteiger partial charge in [-0.15, -0.1) is 0 Å². The zero-order valence-electron chi connectivity index (χ0n) is 15.1. The third-order valence-corrected chi connectivity index (χ3v) is 4.88. The van der Waals surface area contributed by atoms with Gasteiger partial charge in [-0.25, -0.2) is 0 Å². The largest absolute Gasteiger partial charge is 0.361 e. The average molecular weight is 350 g/mol. The van der Waals surface area contributed by atoms with Gasteiger partial charge < -0.3 is 9.42 Å². The minimum atomic E-state index is -0.0838. The van der Waals surface area contributed by atoms with Gasteiger partial charge in [-0.1, -0.05) is 36.3 Å². The van der Waals surface area contributed by atoms with Crippen LogP contribution in [0.25, 0.3) is 0 Å². The van der Waals surface area contributed by atoms with Gasteiger partial charge >= 0.3 is 0 Å². The first kappa shape index (κ1) is 16.6. The number of fused-ring (bicyclic) bond motifs is 1. The van der Waals surface area contributed by atoms with Crippen LogP contribution in [-0.2, 0) is 20.0 Å². The van der Waals surface area contributed by atoms with Crippen LogP contribution in [0, 0.1) is 0 Å². The van der Waals surface area contributed by atoms with Crippen molar-refractivity contribution >= 4 is 5.91 Å². The van der Waals surface area contributed by atoms with Crippen molar-refractivity contribution in [3.8, 4) is 0 Å². The van der Waals surface area contributed by atoms with E-state index in [1.54, 1.807) is 10.7 Å². The molecule has 134 valence electrons. The van der Waals surface area contributed by atoms with Crippen molar-refractivity contribution in [3.63, 3.8) is 0 Å². The van der Waals surface area contributed by atoms with Crippen molar-refractivity contribution in [2.45, 2.75) is 32.2 Å². The lowest BCUT2D eigenvalue weighted by Gasteiger charge is -2.34. The monoisotopic (exact) mass is 350 g/mol. The van der Waals surface area contributed by atoms with Crippen molar-refractivity contribution in [1.29, 1.82) is 0 Å². The van der Waals surface area contributed by atoms with Crippen molar-refractivity contribution in [3.05, 3.63) is 70.9 Å². The summed E-state index contributed by atoms with van der Waals surface area (Å²) in [6.07, 6.45) is 5.65. The van der Waals surface area contributed by atoms with E-state index in [1.165, 1.54) is 11.1 Å². The van der Waals surface area contributed by atoms with E-state index in [1.807, 2.05) is 36.5 Å². The topological polar surface area (TPSA) is 64.2 Å². The van der Waals surface area contributed by atoms with Crippen molar-refractivity contribution in [2.24, 2.45) is 7.05 Å². The Balaban J connectivity index is 1.65. The van der Waals surface area contributed by atoms with Crippen LogP contribution in [0.4, 0.5) is 0 Å². The molecule has 0 fully saturated rings. The highest BCUT2D eigenvalue weighted by molar-refractivity contribution is 5.92. The number of aromatic nitrogens is 3. The summed E-state index contributed by atoms with van der Waals surface area (Å²) in [4.78, 5) is 14.8. The Hall–Kier alpha value is -2.89. The van der Waals surface area contributed by atoms with E-state index in [0.717, 1.165) is 24.2 Å². The molecule has 1 aliphatic rings. The molecule has 6 nitrogen and oxygen atoms in total. The number of carbonyl (C=O) groups is 1. The Morgan fingerprint density at radius 1 is 1.35 bits per heavy atom. The molecule has 0 saturated heterocycles. The molecule has 26 heavy (non-hydrogen) atoms. The second-order valence-electron chi connectivity index (χ2n) is 6.81. The Morgan fingerprint density at radius 3 is 2.96 bits per heavy atom. The highest BCUT2D eigenvalue weighted by Crippen LogP contribution is 2.33. The smallest absolute Gasteiger partial charge is 0.276 e. The molecule has 1 amide bonds. The van der Waals surface area contributed by atoms with E-state index < -0.39 is 0 Å². The third-order valence-electron chi connectivity index (χ3n) is 4.88. The van der Waals surface area contributed by atoms with E-state index in [-0.39, 0.29) is 11.8 Å². The predicted octanol–water partition coefficient (Wildman–Crippen LogP) is 3.15. The highest BCUT2D eigenvalue weighted by atomic mass is 16.5. The third kappa shape index (κ3) is 3.03. The summed E-state index contributed by atoms with van der Waals surface area (Å²) >= 11 is 0. The summed E-state index contributed by atoms with van der Waals surface area (Å²) < 4.78 is 7.09. The Kier molecular flexibility index (Phi) is 4.32. The van der Waals surface area contributed by atoms with Gasteiger partial charge in [0.2, 0.25) is 0 Å². The van der Waals surface area contributed by atoms with Gasteiger partial charge in [0.25, 0.3) is 5.91 Å². The number of aryl methyl sites for hydroxylation is 2. The van der Waals surface area contributed by atoms with Crippen LogP contribution in [-0.4, -0.2) is 32.3 Å². The molecule has 2 aromatic heterocycles. The first-order valence-corrected chi connectivity index (χ1v) is 8.97. The second kappa shape index (κ2) is 6.78. The summed E-state index contributed by atoms with van der Waals surface area (Å²) in [5, 5.41) is 8.29. The fourth-order valence-electron chi connectivity index (χ4n) is 3.61. The molecule has 1 unspecified atom stereocenters. The molecular formula is C20H22N4O2. The molecule has 4 rings (SSSR count). The molecule has 3 heterocycles. The summed E-state index contributed by atoms with van der Waals surface area (Å²) in [5.74, 6) is 0.788. The Morgan fingerprint density at radius 2 is 2.19 bits per heavy atom. The van der Waals surface area contributed by atoms with Crippen molar-refractivity contribution < 1.29 is 9.32 Å². The Labute approximate surface area is 152 Å². The second-order valence-corrected chi connectivity index (χ2v) is 6.81. The molecule has 3 aromatic rings. The first-order valence-electron chi connectivity index (χ1n) is 8.97. The zero-order valence-corrected chi connectivity index (χ0v) is 15.1. The van der Waals surface area contributed by atoms with Crippen molar-refractivity contribution in [1.82, 2.24) is 19.8 Å². The zero-order chi connectivity index (χ0) is 18.1. The fourth-order valence-corrected chi connectivity index (χ4v) is 3.61. The van der Waals surface area contributed by atoms with Gasteiger partial charge in [0.1, 0.15) is 5.76 Å². The minimum Gasteiger partial charge on any atom is -0.361 e. The maximum absolute atomic E-state index is 13.0. The predicted molar refractivity (Wildman–Crippen MR) is 96.7 cm³/mol. The number of benzene rings is 1. The number of amides is 1. The molecule has 0 N–H and O–H groups in total. The van der Waals surface area contributed by atoms with E-state index in [2.05, 4.69) is 29.3 Å². The first-order chi connectivity index (χ1) is 12.7. The number of hydrogen-bond donors (Lipinski definition) is 0. The number of rotatable bonds is 4. The van der Waals surface area contributed by atoms with Gasteiger partial charge in [-0.2, -0.15) is 5.10 Å². The molecule has 0 bridgehead atoms. The van der Waals surface area contributed by atoms with Crippen LogP contribution in [0.15, 0.2) is 47.2 Å². The van der Waals surface area contributed by atoms with Crippen LogP contribution < -0.4 is 0 Å². The summed E-state index contributed by atoms with van der Waals surface area (Å²) in [5.41, 5.74) is 3.93. The molecule has 0 saturated carbocycles. The SMILES string of the molecule is CCCc1cc(C(=O)N2Cc3ccccc3C(c3cnn(C)c3)C2)no1. The fraction of sp³-hybridized carbons (Fsp3) is 0.350. The molecule has 6 heteroatoms. The molecule has 0 spiro atoms. The van der Waals surface area contributed by atoms with Crippen LogP contribution in [0.5, 0.6) is 0 Å². The molecule has 0 aliphatic carbocycles. The van der Waals surface area contributed by atoms with Crippen LogP contribution in [0.3, 0.4) is 0 Å². The normalized spacial score (nSPS) is 16.5. The summed E-state index contributed by atoms with van der Waals surface area (Å²) in [7, 11) is 1.91. The maximum Gasteiger partial charge on any atom is 0.276 e. The van der Waals surface area contributed by atoms with Crippen molar-refractivity contribution in [2.75, 3.05) is 6.54 Å². The lowest BCUT2D eigenvalue weighted by Crippen LogP contribution is -2.38. The quantitative estimate of drug-likeness (QED) is 0.725. The summed E-state index contributed by atoms with van der Waals surface area (Å²) in [6, 6.07) is 10.1. The van der Waals surface area contributed by atoms with Gasteiger partial charge in [-0.05, 0) is 23.1 Å². The van der Waals surface area contributed by atoms with Crippen LogP contribution >= 0.6 is 0 Å². The molecule has 1 atom stereocenters. The van der Waals surface area contributed by atoms with E-state index in [0.29, 0.717) is 18.8 Å². The standard InChI is InChI=1S/C20H22N4O2/c1-3-6-16-9-19(22-26-16)20(25)24-12-14-7-4-5-8-17(14)18(13-24)15-10-21-23(2)11-15/h4-5,7-11,18H,3,6,12-13H2,1-2H3. The van der Waals surface area contributed by atoms with Gasteiger partial charge in [0.15, 0.2) is 5.69 Å². The lowest BCUT2D eigenvalue weighted by molar-refractivity contribution is 0.0714. The lowest BCUT2D eigenvalue weighted by atomic mass is 9.86. The van der Waals surface area contributed by atoms with Gasteiger partial charge in [0.05, 0.1) is 6.20 Å². The molecular weight excluding hydrogens is 328 g/mol. The highest BCUT2D eigenvalue weighted by Gasteiger charge is 2.31. The number of nitrogens with zero attached hydrogens (tertiary/aromatic N) is 4. The van der Waals surface area contributed by atoms with Gasteiger partial charge in [0, 0.05) is 44.7 Å².